The molecule has 0 spiro atoms. The monoisotopic (exact) mass is 291 g/mol. The molecule has 2 rings (SSSR count). The van der Waals surface area contributed by atoms with Crippen LogP contribution in [0.3, 0.4) is 0 Å². The summed E-state index contributed by atoms with van der Waals surface area (Å²) in [5.74, 6) is 0.238. The van der Waals surface area contributed by atoms with Gasteiger partial charge in [0, 0.05) is 33.1 Å². The third kappa shape index (κ3) is 3.72. The lowest BCUT2D eigenvalue weighted by Gasteiger charge is -2.39. The van der Waals surface area contributed by atoms with E-state index < -0.39 is 11.9 Å². The standard InChI is InChI=1S/C15H21N3O3/c1-11(19)18-7-6-17(10-14(18)15(16)20)9-12-4-3-5-13(8-12)21-2/h3-5,8,14H,6-7,9-10H2,1-2H3,(H2,16,20). The zero-order valence-corrected chi connectivity index (χ0v) is 12.4. The van der Waals surface area contributed by atoms with Crippen LogP contribution in [0, 0.1) is 0 Å². The topological polar surface area (TPSA) is 75.9 Å². The molecule has 1 aromatic carbocycles. The quantitative estimate of drug-likeness (QED) is 0.860. The number of carbonyl (C=O) groups excluding carboxylic acids is 2. The minimum Gasteiger partial charge on any atom is -0.497 e. The summed E-state index contributed by atoms with van der Waals surface area (Å²) in [6, 6.07) is 7.26. The van der Waals surface area contributed by atoms with Crippen LogP contribution in [0.15, 0.2) is 24.3 Å². The predicted octanol–water partition coefficient (Wildman–Crippen LogP) is 0.213. The number of amides is 2. The number of carbonyl (C=O) groups is 2. The largest absolute Gasteiger partial charge is 0.497 e. The highest BCUT2D eigenvalue weighted by Crippen LogP contribution is 2.17. The van der Waals surface area contributed by atoms with Crippen molar-refractivity contribution in [3.8, 4) is 5.75 Å². The highest BCUT2D eigenvalue weighted by Gasteiger charge is 2.32. The fourth-order valence-electron chi connectivity index (χ4n) is 2.63. The molecule has 2 N–H and O–H groups in total. The lowest BCUT2D eigenvalue weighted by molar-refractivity contribution is -0.141. The van der Waals surface area contributed by atoms with Gasteiger partial charge in [-0.2, -0.15) is 0 Å². The van der Waals surface area contributed by atoms with Gasteiger partial charge in [0.1, 0.15) is 11.8 Å². The number of hydrogen-bond acceptors (Lipinski definition) is 4. The number of nitrogens with zero attached hydrogens (tertiary/aromatic N) is 2. The van der Waals surface area contributed by atoms with Crippen molar-refractivity contribution in [2.75, 3.05) is 26.7 Å². The van der Waals surface area contributed by atoms with E-state index in [9.17, 15) is 9.59 Å². The fraction of sp³-hybridized carbons (Fsp3) is 0.467. The maximum Gasteiger partial charge on any atom is 0.241 e. The van der Waals surface area contributed by atoms with Crippen LogP contribution in [0.4, 0.5) is 0 Å². The van der Waals surface area contributed by atoms with Gasteiger partial charge < -0.3 is 15.4 Å². The van der Waals surface area contributed by atoms with Gasteiger partial charge in [-0.05, 0) is 17.7 Å². The number of nitrogens with two attached hydrogens (primary N) is 1. The molecular formula is C15H21N3O3. The molecule has 1 atom stereocenters. The van der Waals surface area contributed by atoms with Crippen molar-refractivity contribution in [2.45, 2.75) is 19.5 Å². The molecule has 1 saturated heterocycles. The molecule has 6 heteroatoms. The van der Waals surface area contributed by atoms with Crippen LogP contribution in [0.2, 0.25) is 0 Å². The molecule has 6 nitrogen and oxygen atoms in total. The predicted molar refractivity (Wildman–Crippen MR) is 78.6 cm³/mol. The Bertz CT molecular complexity index is 533. The van der Waals surface area contributed by atoms with Gasteiger partial charge in [-0.1, -0.05) is 12.1 Å². The SMILES string of the molecule is COc1cccc(CN2CCN(C(C)=O)C(C(N)=O)C2)c1. The highest BCUT2D eigenvalue weighted by atomic mass is 16.5. The Morgan fingerprint density at radius 3 is 2.76 bits per heavy atom. The van der Waals surface area contributed by atoms with E-state index in [0.717, 1.165) is 17.9 Å². The number of methoxy groups -OCH3 is 1. The number of hydrogen-bond donors (Lipinski definition) is 1. The maximum atomic E-state index is 11.5. The summed E-state index contributed by atoms with van der Waals surface area (Å²) >= 11 is 0. The lowest BCUT2D eigenvalue weighted by atomic mass is 10.1. The summed E-state index contributed by atoms with van der Waals surface area (Å²) in [4.78, 5) is 26.8. The van der Waals surface area contributed by atoms with Crippen molar-refractivity contribution in [1.82, 2.24) is 9.80 Å². The van der Waals surface area contributed by atoms with Crippen LogP contribution in [0.25, 0.3) is 0 Å². The van der Waals surface area contributed by atoms with Crippen LogP contribution in [0.5, 0.6) is 5.75 Å². The second-order valence-corrected chi connectivity index (χ2v) is 5.22. The molecule has 0 aromatic heterocycles. The number of rotatable bonds is 4. The van der Waals surface area contributed by atoms with Gasteiger partial charge in [0.25, 0.3) is 0 Å². The van der Waals surface area contributed by atoms with Crippen LogP contribution in [0.1, 0.15) is 12.5 Å². The zero-order chi connectivity index (χ0) is 15.4. The summed E-state index contributed by atoms with van der Waals surface area (Å²) in [6.07, 6.45) is 0. The molecule has 1 heterocycles. The molecular weight excluding hydrogens is 270 g/mol. The van der Waals surface area contributed by atoms with E-state index >= 15 is 0 Å². The average Bonchev–Trinajstić information content (AvgIpc) is 2.47. The van der Waals surface area contributed by atoms with Crippen molar-refractivity contribution in [3.63, 3.8) is 0 Å². The van der Waals surface area contributed by atoms with Crippen molar-refractivity contribution in [3.05, 3.63) is 29.8 Å². The van der Waals surface area contributed by atoms with Gasteiger partial charge in [0.05, 0.1) is 7.11 Å². The molecule has 21 heavy (non-hydrogen) atoms. The zero-order valence-electron chi connectivity index (χ0n) is 12.4. The van der Waals surface area contributed by atoms with Gasteiger partial charge in [-0.3, -0.25) is 14.5 Å². The van der Waals surface area contributed by atoms with Crippen molar-refractivity contribution >= 4 is 11.8 Å². The van der Waals surface area contributed by atoms with Gasteiger partial charge in [-0.15, -0.1) is 0 Å². The number of piperazine rings is 1. The van der Waals surface area contributed by atoms with Crippen LogP contribution < -0.4 is 10.5 Å². The second kappa shape index (κ2) is 6.58. The Hall–Kier alpha value is -2.08. The molecule has 114 valence electrons. The number of benzene rings is 1. The Morgan fingerprint density at radius 1 is 1.38 bits per heavy atom. The summed E-state index contributed by atoms with van der Waals surface area (Å²) < 4.78 is 5.21. The van der Waals surface area contributed by atoms with Crippen LogP contribution >= 0.6 is 0 Å². The number of ether oxygens (including phenoxy) is 1. The first-order valence-corrected chi connectivity index (χ1v) is 6.93. The second-order valence-electron chi connectivity index (χ2n) is 5.22. The average molecular weight is 291 g/mol. The minimum atomic E-state index is -0.554. The third-order valence-electron chi connectivity index (χ3n) is 3.74. The first-order chi connectivity index (χ1) is 10.0. The smallest absolute Gasteiger partial charge is 0.241 e. The van der Waals surface area contributed by atoms with E-state index in [1.54, 1.807) is 12.0 Å². The minimum absolute atomic E-state index is 0.111. The molecule has 0 saturated carbocycles. The van der Waals surface area contributed by atoms with E-state index in [-0.39, 0.29) is 5.91 Å². The van der Waals surface area contributed by atoms with Crippen molar-refractivity contribution < 1.29 is 14.3 Å². The molecule has 1 aromatic rings. The Labute approximate surface area is 124 Å². The molecule has 2 amide bonds. The van der Waals surface area contributed by atoms with E-state index in [1.165, 1.54) is 6.92 Å². The first kappa shape index (κ1) is 15.3. The van der Waals surface area contributed by atoms with E-state index in [0.29, 0.717) is 19.6 Å². The third-order valence-corrected chi connectivity index (χ3v) is 3.74. The molecule has 1 unspecified atom stereocenters. The van der Waals surface area contributed by atoms with E-state index in [1.807, 2.05) is 24.3 Å². The molecule has 0 bridgehead atoms. The van der Waals surface area contributed by atoms with E-state index in [2.05, 4.69) is 4.90 Å². The van der Waals surface area contributed by atoms with Gasteiger partial charge in [0.2, 0.25) is 11.8 Å². The normalized spacial score (nSPS) is 19.3. The van der Waals surface area contributed by atoms with Crippen LogP contribution in [-0.2, 0) is 16.1 Å². The molecule has 0 aliphatic carbocycles. The van der Waals surface area contributed by atoms with Crippen molar-refractivity contribution in [2.24, 2.45) is 5.73 Å². The van der Waals surface area contributed by atoms with Gasteiger partial charge in [-0.25, -0.2) is 0 Å². The molecule has 1 aliphatic rings. The molecule has 1 fully saturated rings. The number of primary amides is 1. The summed E-state index contributed by atoms with van der Waals surface area (Å²) in [7, 11) is 1.63. The van der Waals surface area contributed by atoms with Gasteiger partial charge >= 0.3 is 0 Å². The Balaban J connectivity index is 2.05. The Kier molecular flexibility index (Phi) is 4.80. The molecule has 0 radical (unpaired) electrons. The van der Waals surface area contributed by atoms with Crippen LogP contribution in [-0.4, -0.2) is 54.4 Å². The summed E-state index contributed by atoms with van der Waals surface area (Å²) in [6.45, 7) is 3.87. The van der Waals surface area contributed by atoms with Gasteiger partial charge in [0.15, 0.2) is 0 Å². The van der Waals surface area contributed by atoms with E-state index in [4.69, 9.17) is 10.5 Å². The summed E-state index contributed by atoms with van der Waals surface area (Å²) in [5, 5.41) is 0. The summed E-state index contributed by atoms with van der Waals surface area (Å²) in [5.41, 5.74) is 6.52. The highest BCUT2D eigenvalue weighted by molar-refractivity contribution is 5.86. The lowest BCUT2D eigenvalue weighted by Crippen LogP contribution is -2.59. The molecule has 1 aliphatic heterocycles. The fourth-order valence-corrected chi connectivity index (χ4v) is 2.63. The maximum absolute atomic E-state index is 11.5. The Morgan fingerprint density at radius 2 is 2.14 bits per heavy atom. The van der Waals surface area contributed by atoms with Crippen molar-refractivity contribution in [1.29, 1.82) is 0 Å². The first-order valence-electron chi connectivity index (χ1n) is 6.93.